The summed E-state index contributed by atoms with van der Waals surface area (Å²) in [6.07, 6.45) is 0. The van der Waals surface area contributed by atoms with Gasteiger partial charge in [0.25, 0.3) is 6.56 Å². The maximum absolute atomic E-state index is 11.2. The van der Waals surface area contributed by atoms with E-state index in [-0.39, 0.29) is 0 Å². The molecule has 1 rings (SSSR count). The second-order valence-electron chi connectivity index (χ2n) is 2.23. The van der Waals surface area contributed by atoms with E-state index in [1.165, 1.54) is 13.4 Å². The fourth-order valence-corrected chi connectivity index (χ4v) is 1.81. The Morgan fingerprint density at radius 3 is 2.17 bits per heavy atom. The topological polar surface area (TPSA) is 34.1 Å². The molecule has 0 amide bonds. The molecule has 0 bridgehead atoms. The lowest BCUT2D eigenvalue weighted by molar-refractivity contribution is 0.609. The van der Waals surface area contributed by atoms with E-state index in [0.717, 1.165) is 4.47 Å². The molecule has 0 saturated carbocycles. The van der Waals surface area contributed by atoms with Gasteiger partial charge in [-0.1, -0.05) is 22.8 Å². The molecule has 0 spiro atoms. The molecule has 0 aromatic heterocycles. The zero-order valence-electron chi connectivity index (χ0n) is 6.49. The van der Waals surface area contributed by atoms with Crippen LogP contribution in [0.15, 0.2) is 33.6 Å². The minimum Gasteiger partial charge on any atom is -0.237 e. The summed E-state index contributed by atoms with van der Waals surface area (Å²) in [5.74, 6) is 0. The van der Waals surface area contributed by atoms with Crippen LogP contribution in [0.5, 0.6) is 0 Å². The van der Waals surface area contributed by atoms with Crippen LogP contribution in [0.3, 0.4) is 0 Å². The van der Waals surface area contributed by atoms with E-state index < -0.39 is 9.69 Å². The molecule has 0 heterocycles. The second-order valence-corrected chi connectivity index (χ2v) is 5.18. The molecule has 0 atom stereocenters. The van der Waals surface area contributed by atoms with E-state index in [4.69, 9.17) is 0 Å². The summed E-state index contributed by atoms with van der Waals surface area (Å²) in [6, 6.07) is 6.55. The van der Waals surface area contributed by atoms with Gasteiger partial charge in [-0.2, -0.15) is 0 Å². The van der Waals surface area contributed by atoms with Crippen LogP contribution in [0.1, 0.15) is 0 Å². The van der Waals surface area contributed by atoms with E-state index in [1.54, 1.807) is 24.3 Å². The summed E-state index contributed by atoms with van der Waals surface area (Å²) in [6.45, 7) is 2.70. The average molecular weight is 246 g/mol. The van der Waals surface area contributed by atoms with Crippen molar-refractivity contribution in [3.05, 3.63) is 28.7 Å². The lowest BCUT2D eigenvalue weighted by Crippen LogP contribution is -2.06. The van der Waals surface area contributed by atoms with Crippen LogP contribution in [0.25, 0.3) is 0 Å². The van der Waals surface area contributed by atoms with Crippen molar-refractivity contribution >= 4 is 32.2 Å². The Labute approximate surface area is 81.2 Å². The first-order valence-corrected chi connectivity index (χ1v) is 5.70. The highest BCUT2D eigenvalue weighted by Gasteiger charge is 2.11. The van der Waals surface area contributed by atoms with Crippen LogP contribution < -0.4 is 0 Å². The molecule has 0 N–H and O–H groups in total. The molecule has 63 valence electrons. The van der Waals surface area contributed by atoms with Crippen LogP contribution in [-0.4, -0.2) is 15.0 Å². The molecule has 1 aromatic rings. The van der Waals surface area contributed by atoms with Gasteiger partial charge in [0.05, 0.1) is 4.90 Å². The predicted octanol–water partition coefficient (Wildman–Crippen LogP) is 1.89. The lowest BCUT2D eigenvalue weighted by atomic mass is 10.2. The molecule has 5 heteroatoms. The van der Waals surface area contributed by atoms with Crippen molar-refractivity contribution in [1.82, 2.24) is 0 Å². The largest absolute Gasteiger partial charge is 0.282 e. The van der Waals surface area contributed by atoms with E-state index in [9.17, 15) is 8.42 Å². The molecule has 1 radical (unpaired) electrons. The molecule has 0 aliphatic carbocycles. The summed E-state index contributed by atoms with van der Waals surface area (Å²) in [7, 11) is -3.16. The quantitative estimate of drug-likeness (QED) is 0.746. The van der Waals surface area contributed by atoms with Crippen LogP contribution in [0.2, 0.25) is 6.82 Å². The third-order valence-electron chi connectivity index (χ3n) is 1.45. The Morgan fingerprint density at radius 1 is 1.25 bits per heavy atom. The first-order valence-electron chi connectivity index (χ1n) is 3.36. The average Bonchev–Trinajstić information content (AvgIpc) is 2.05. The van der Waals surface area contributed by atoms with Crippen molar-refractivity contribution in [1.29, 1.82) is 0 Å². The summed E-state index contributed by atoms with van der Waals surface area (Å²) in [5, 5.41) is 0. The molecular formula is C7H7BBrO2S. The minimum atomic E-state index is -3.16. The highest BCUT2D eigenvalue weighted by Crippen LogP contribution is 2.14. The third-order valence-corrected chi connectivity index (χ3v) is 3.53. The highest BCUT2D eigenvalue weighted by molar-refractivity contribution is 9.10. The standard InChI is InChI=1S/C7H7BBrO2S/c1-8-12(10,11)7-4-2-6(9)3-5-7/h2-5H,1H3. The maximum Gasteiger partial charge on any atom is 0.282 e. The fourth-order valence-electron chi connectivity index (χ4n) is 0.760. The number of halogens is 1. The van der Waals surface area contributed by atoms with E-state index in [0.29, 0.717) is 4.90 Å². The molecule has 2 nitrogen and oxygen atoms in total. The van der Waals surface area contributed by atoms with E-state index in [2.05, 4.69) is 15.9 Å². The Bertz CT molecular complexity index is 357. The first-order chi connectivity index (χ1) is 5.56. The zero-order chi connectivity index (χ0) is 9.19. The zero-order valence-corrected chi connectivity index (χ0v) is 8.89. The van der Waals surface area contributed by atoms with Gasteiger partial charge in [0.15, 0.2) is 0 Å². The van der Waals surface area contributed by atoms with Crippen LogP contribution in [0.4, 0.5) is 0 Å². The van der Waals surface area contributed by atoms with Gasteiger partial charge < -0.3 is 0 Å². The summed E-state index contributed by atoms with van der Waals surface area (Å²) >= 11 is 3.23. The van der Waals surface area contributed by atoms with Gasteiger partial charge >= 0.3 is 0 Å². The molecule has 0 fully saturated rings. The molecule has 0 saturated heterocycles. The van der Waals surface area contributed by atoms with Gasteiger partial charge in [-0.05, 0) is 24.3 Å². The van der Waals surface area contributed by atoms with Gasteiger partial charge in [-0.15, -0.1) is 0 Å². The molecular weight excluding hydrogens is 239 g/mol. The van der Waals surface area contributed by atoms with Crippen molar-refractivity contribution < 1.29 is 8.42 Å². The fraction of sp³-hybridized carbons (Fsp3) is 0.143. The van der Waals surface area contributed by atoms with E-state index in [1.807, 2.05) is 0 Å². The van der Waals surface area contributed by atoms with Gasteiger partial charge in [-0.25, -0.2) is 8.42 Å². The Kier molecular flexibility index (Phi) is 2.96. The molecule has 0 unspecified atom stereocenters. The minimum absolute atomic E-state index is 0.327. The smallest absolute Gasteiger partial charge is 0.237 e. The molecule has 12 heavy (non-hydrogen) atoms. The highest BCUT2D eigenvalue weighted by atomic mass is 79.9. The normalized spacial score (nSPS) is 11.2. The predicted molar refractivity (Wildman–Crippen MR) is 52.9 cm³/mol. The number of rotatable bonds is 2. The van der Waals surface area contributed by atoms with Crippen molar-refractivity contribution in [3.63, 3.8) is 0 Å². The van der Waals surface area contributed by atoms with Gasteiger partial charge in [0.2, 0.25) is 0 Å². The second kappa shape index (κ2) is 3.62. The lowest BCUT2D eigenvalue weighted by Gasteiger charge is -1.99. The number of hydrogen-bond acceptors (Lipinski definition) is 2. The number of hydrogen-bond donors (Lipinski definition) is 0. The monoisotopic (exact) mass is 245 g/mol. The summed E-state index contributed by atoms with van der Waals surface area (Å²) in [4.78, 5) is 0.327. The Hall–Kier alpha value is -0.285. The van der Waals surface area contributed by atoms with Crippen molar-refractivity contribution in [2.45, 2.75) is 11.7 Å². The summed E-state index contributed by atoms with van der Waals surface area (Å²) in [5.41, 5.74) is 0. The van der Waals surface area contributed by atoms with Crippen molar-refractivity contribution in [2.75, 3.05) is 0 Å². The van der Waals surface area contributed by atoms with Crippen molar-refractivity contribution in [3.8, 4) is 0 Å². The van der Waals surface area contributed by atoms with Crippen LogP contribution in [0, 0.1) is 0 Å². The van der Waals surface area contributed by atoms with Crippen LogP contribution in [-0.2, 0) is 9.69 Å². The third kappa shape index (κ3) is 2.11. The molecule has 0 aliphatic heterocycles. The Balaban J connectivity index is 3.14. The van der Waals surface area contributed by atoms with Gasteiger partial charge in [0.1, 0.15) is 9.69 Å². The van der Waals surface area contributed by atoms with Gasteiger partial charge in [0, 0.05) is 4.47 Å². The van der Waals surface area contributed by atoms with E-state index >= 15 is 0 Å². The van der Waals surface area contributed by atoms with Crippen molar-refractivity contribution in [2.24, 2.45) is 0 Å². The Morgan fingerprint density at radius 2 is 1.75 bits per heavy atom. The SMILES string of the molecule is C[B]S(=O)(=O)c1ccc(Br)cc1. The maximum atomic E-state index is 11.2. The van der Waals surface area contributed by atoms with Gasteiger partial charge in [-0.3, -0.25) is 0 Å². The number of benzene rings is 1. The first kappa shape index (κ1) is 9.80. The van der Waals surface area contributed by atoms with Crippen LogP contribution >= 0.6 is 15.9 Å². The molecule has 1 aromatic carbocycles. The summed E-state index contributed by atoms with van der Waals surface area (Å²) < 4.78 is 23.4. The molecule has 0 aliphatic rings.